The molecule has 8 heteroatoms. The molecule has 0 aromatic heterocycles. The van der Waals surface area contributed by atoms with Crippen LogP contribution in [-0.2, 0) is 21.1 Å². The van der Waals surface area contributed by atoms with Crippen LogP contribution in [0, 0.1) is 0 Å². The summed E-state index contributed by atoms with van der Waals surface area (Å²) in [5.74, 6) is 1.48. The molecule has 30 heavy (non-hydrogen) atoms. The number of carbonyl (C=O) groups is 1. The molecule has 0 bridgehead atoms. The summed E-state index contributed by atoms with van der Waals surface area (Å²) < 4.78 is 35.7. The second-order valence-corrected chi connectivity index (χ2v) is 9.86. The van der Waals surface area contributed by atoms with Gasteiger partial charge in [-0.25, -0.2) is 8.42 Å². The predicted molar refractivity (Wildman–Crippen MR) is 115 cm³/mol. The van der Waals surface area contributed by atoms with Crippen LogP contribution in [0.5, 0.6) is 11.5 Å². The van der Waals surface area contributed by atoms with E-state index in [0.29, 0.717) is 13.0 Å². The third-order valence-corrected chi connectivity index (χ3v) is 7.59. The number of benzene rings is 2. The fraction of sp³-hybridized carbons (Fsp3) is 0.409. The highest BCUT2D eigenvalue weighted by atomic mass is 32.2. The van der Waals surface area contributed by atoms with E-state index in [2.05, 4.69) is 0 Å². The fourth-order valence-electron chi connectivity index (χ4n) is 4.47. The first-order valence-corrected chi connectivity index (χ1v) is 11.8. The van der Waals surface area contributed by atoms with Crippen LogP contribution in [0.25, 0.3) is 0 Å². The van der Waals surface area contributed by atoms with Crippen LogP contribution in [-0.4, -0.2) is 70.1 Å². The van der Waals surface area contributed by atoms with Crippen molar-refractivity contribution in [2.75, 3.05) is 43.7 Å². The van der Waals surface area contributed by atoms with Crippen molar-refractivity contribution in [2.24, 2.45) is 0 Å². The van der Waals surface area contributed by atoms with Crippen molar-refractivity contribution in [3.63, 3.8) is 0 Å². The molecule has 2 saturated heterocycles. The first kappa shape index (κ1) is 20.7. The Labute approximate surface area is 177 Å². The van der Waals surface area contributed by atoms with E-state index >= 15 is 0 Å². The Bertz CT molecular complexity index is 1030. The quantitative estimate of drug-likeness (QED) is 0.695. The van der Waals surface area contributed by atoms with Crippen molar-refractivity contribution in [3.05, 3.63) is 54.1 Å². The molecule has 2 atom stereocenters. The van der Waals surface area contributed by atoms with Crippen LogP contribution < -0.4 is 14.4 Å². The zero-order valence-electron chi connectivity index (χ0n) is 17.2. The number of amides is 1. The maximum absolute atomic E-state index is 13.0. The minimum absolute atomic E-state index is 0.00270. The number of ether oxygens (including phenoxy) is 2. The minimum atomic E-state index is -3.21. The van der Waals surface area contributed by atoms with Crippen molar-refractivity contribution in [1.29, 1.82) is 0 Å². The number of methoxy groups -OCH3 is 2. The molecule has 0 saturated carbocycles. The molecule has 0 radical (unpaired) electrons. The number of nitrogens with zero attached hydrogens (tertiary/aromatic N) is 2. The third-order valence-electron chi connectivity index (χ3n) is 5.89. The van der Waals surface area contributed by atoms with Crippen LogP contribution in [0.15, 0.2) is 48.5 Å². The highest BCUT2D eigenvalue weighted by molar-refractivity contribution is 7.91. The lowest BCUT2D eigenvalue weighted by molar-refractivity contribution is -0.123. The highest BCUT2D eigenvalue weighted by Crippen LogP contribution is 2.32. The maximum Gasteiger partial charge on any atom is 0.241 e. The molecule has 4 rings (SSSR count). The summed E-state index contributed by atoms with van der Waals surface area (Å²) in [5, 5.41) is 0. The largest absolute Gasteiger partial charge is 0.497 e. The van der Waals surface area contributed by atoms with Gasteiger partial charge in [0.2, 0.25) is 5.91 Å². The summed E-state index contributed by atoms with van der Waals surface area (Å²) in [5.41, 5.74) is 1.72. The van der Waals surface area contributed by atoms with Crippen molar-refractivity contribution in [3.8, 4) is 11.5 Å². The van der Waals surface area contributed by atoms with Gasteiger partial charge in [-0.2, -0.15) is 0 Å². The Balaban J connectivity index is 1.58. The van der Waals surface area contributed by atoms with Gasteiger partial charge >= 0.3 is 0 Å². The van der Waals surface area contributed by atoms with E-state index in [1.807, 2.05) is 53.4 Å². The number of fused-ring (bicyclic) bond motifs is 1. The molecular weight excluding hydrogens is 404 g/mol. The van der Waals surface area contributed by atoms with Gasteiger partial charge in [0.05, 0.1) is 38.3 Å². The van der Waals surface area contributed by atoms with Gasteiger partial charge in [-0.15, -0.1) is 0 Å². The second-order valence-electron chi connectivity index (χ2n) is 7.71. The molecule has 0 unspecified atom stereocenters. The summed E-state index contributed by atoms with van der Waals surface area (Å²) in [6, 6.07) is 14.4. The summed E-state index contributed by atoms with van der Waals surface area (Å²) in [4.78, 5) is 16.7. The van der Waals surface area contributed by atoms with Gasteiger partial charge in [-0.3, -0.25) is 9.69 Å². The Morgan fingerprint density at radius 1 is 1.00 bits per heavy atom. The van der Waals surface area contributed by atoms with E-state index < -0.39 is 9.84 Å². The van der Waals surface area contributed by atoms with Crippen LogP contribution in [0.4, 0.5) is 5.69 Å². The lowest BCUT2D eigenvalue weighted by atomic mass is 10.0. The van der Waals surface area contributed by atoms with E-state index in [1.54, 1.807) is 19.1 Å². The summed E-state index contributed by atoms with van der Waals surface area (Å²) in [6.45, 7) is 0.756. The molecule has 160 valence electrons. The van der Waals surface area contributed by atoms with Crippen molar-refractivity contribution in [2.45, 2.75) is 18.5 Å². The highest BCUT2D eigenvalue weighted by Gasteiger charge is 2.49. The molecule has 0 spiro atoms. The third kappa shape index (κ3) is 4.02. The molecule has 0 aliphatic carbocycles. The second kappa shape index (κ2) is 8.28. The minimum Gasteiger partial charge on any atom is -0.497 e. The van der Waals surface area contributed by atoms with Crippen molar-refractivity contribution >= 4 is 21.4 Å². The maximum atomic E-state index is 13.0. The number of hydrogen-bond donors (Lipinski definition) is 0. The Kier molecular flexibility index (Phi) is 5.71. The Morgan fingerprint density at radius 2 is 1.73 bits per heavy atom. The van der Waals surface area contributed by atoms with E-state index in [9.17, 15) is 13.2 Å². The fourth-order valence-corrected chi connectivity index (χ4v) is 6.45. The number of rotatable bonds is 6. The monoisotopic (exact) mass is 430 g/mol. The number of piperazine rings is 1. The van der Waals surface area contributed by atoms with Crippen molar-refractivity contribution < 1.29 is 22.7 Å². The molecule has 2 heterocycles. The normalized spacial score (nSPS) is 23.3. The van der Waals surface area contributed by atoms with Crippen LogP contribution >= 0.6 is 0 Å². The number of hydrogen-bond acceptors (Lipinski definition) is 6. The number of para-hydroxylation sites is 1. The summed E-state index contributed by atoms with van der Waals surface area (Å²) in [6.07, 6.45) is 0.627. The van der Waals surface area contributed by atoms with Gasteiger partial charge in [0.15, 0.2) is 9.84 Å². The molecule has 2 aromatic carbocycles. The molecule has 0 N–H and O–H groups in total. The SMILES string of the molecule is COc1ccc(OC)c(CCN2CC(=O)N(c3ccccc3)[C@@H]3CS(=O)(=O)C[C@H]32)c1. The van der Waals surface area contributed by atoms with Crippen LogP contribution in [0.3, 0.4) is 0 Å². The van der Waals surface area contributed by atoms with E-state index in [-0.39, 0.29) is 36.0 Å². The smallest absolute Gasteiger partial charge is 0.241 e. The average molecular weight is 431 g/mol. The van der Waals surface area contributed by atoms with Gasteiger partial charge in [-0.05, 0) is 42.3 Å². The molecule has 2 aliphatic rings. The van der Waals surface area contributed by atoms with Gasteiger partial charge in [-0.1, -0.05) is 18.2 Å². The lowest BCUT2D eigenvalue weighted by Gasteiger charge is -2.43. The van der Waals surface area contributed by atoms with E-state index in [0.717, 1.165) is 22.7 Å². The zero-order chi connectivity index (χ0) is 21.3. The van der Waals surface area contributed by atoms with Crippen LogP contribution in [0.1, 0.15) is 5.56 Å². The molecule has 2 aliphatic heterocycles. The molecule has 1 amide bonds. The lowest BCUT2D eigenvalue weighted by Crippen LogP contribution is -2.62. The standard InChI is InChI=1S/C22H26N2O5S/c1-28-18-8-9-21(29-2)16(12-18)10-11-23-13-22(25)24(17-6-4-3-5-7-17)20-15-30(26,27)14-19(20)23/h3-9,12,19-20H,10-11,13-15H2,1-2H3/t19-,20-/m1/s1. The topological polar surface area (TPSA) is 76.2 Å². The van der Waals surface area contributed by atoms with Gasteiger partial charge in [0.1, 0.15) is 11.5 Å². The number of carbonyl (C=O) groups excluding carboxylic acids is 1. The first-order chi connectivity index (χ1) is 14.4. The number of anilines is 1. The Morgan fingerprint density at radius 3 is 2.43 bits per heavy atom. The summed E-state index contributed by atoms with van der Waals surface area (Å²) >= 11 is 0. The molecule has 7 nitrogen and oxygen atoms in total. The molecular formula is C22H26N2O5S. The summed E-state index contributed by atoms with van der Waals surface area (Å²) in [7, 11) is 0.0175. The van der Waals surface area contributed by atoms with Crippen LogP contribution in [0.2, 0.25) is 0 Å². The van der Waals surface area contributed by atoms with Gasteiger partial charge in [0.25, 0.3) is 0 Å². The molecule has 2 aromatic rings. The average Bonchev–Trinajstić information content (AvgIpc) is 3.07. The van der Waals surface area contributed by atoms with Gasteiger partial charge in [0, 0.05) is 18.3 Å². The predicted octanol–water partition coefficient (Wildman–Crippen LogP) is 1.76. The number of sulfone groups is 1. The first-order valence-electron chi connectivity index (χ1n) is 9.94. The molecule has 2 fully saturated rings. The van der Waals surface area contributed by atoms with Crippen molar-refractivity contribution in [1.82, 2.24) is 4.90 Å². The van der Waals surface area contributed by atoms with E-state index in [1.165, 1.54) is 0 Å². The van der Waals surface area contributed by atoms with E-state index in [4.69, 9.17) is 9.47 Å². The Hall–Kier alpha value is -2.58. The van der Waals surface area contributed by atoms with Gasteiger partial charge < -0.3 is 14.4 Å². The zero-order valence-corrected chi connectivity index (χ0v) is 18.0.